The lowest BCUT2D eigenvalue weighted by atomic mass is 10.0. The van der Waals surface area contributed by atoms with Crippen LogP contribution in [0, 0.1) is 0 Å². The van der Waals surface area contributed by atoms with E-state index in [1.54, 1.807) is 7.11 Å². The minimum absolute atomic E-state index is 0.239. The number of methoxy groups -OCH3 is 1. The number of anilines is 3. The summed E-state index contributed by atoms with van der Waals surface area (Å²) in [7, 11) is 3.61. The first-order chi connectivity index (χ1) is 9.56. The van der Waals surface area contributed by atoms with Crippen molar-refractivity contribution < 1.29 is 4.74 Å². The quantitative estimate of drug-likeness (QED) is 0.927. The van der Waals surface area contributed by atoms with E-state index in [9.17, 15) is 0 Å². The number of hydrogen-bond acceptors (Lipinski definition) is 5. The molecule has 5 heteroatoms. The van der Waals surface area contributed by atoms with Crippen LogP contribution in [0.5, 0.6) is 5.75 Å². The molecule has 1 heterocycles. The average molecular weight is 272 g/mol. The highest BCUT2D eigenvalue weighted by Crippen LogP contribution is 2.36. The molecule has 2 aromatic rings. The van der Waals surface area contributed by atoms with Crippen LogP contribution in [0.2, 0.25) is 0 Å². The maximum absolute atomic E-state index is 6.00. The van der Waals surface area contributed by atoms with Gasteiger partial charge < -0.3 is 15.4 Å². The number of benzene rings is 1. The van der Waals surface area contributed by atoms with Crippen molar-refractivity contribution in [3.8, 4) is 5.75 Å². The largest absolute Gasteiger partial charge is 0.495 e. The Morgan fingerprint density at radius 2 is 1.90 bits per heavy atom. The van der Waals surface area contributed by atoms with Crippen molar-refractivity contribution >= 4 is 17.3 Å². The topological polar surface area (TPSA) is 64.3 Å². The third kappa shape index (κ3) is 2.52. The van der Waals surface area contributed by atoms with E-state index in [4.69, 9.17) is 10.5 Å². The maximum Gasteiger partial charge on any atom is 0.142 e. The van der Waals surface area contributed by atoms with Crippen LogP contribution < -0.4 is 15.4 Å². The summed E-state index contributed by atoms with van der Waals surface area (Å²) in [6.07, 6.45) is 1.49. The lowest BCUT2D eigenvalue weighted by Gasteiger charge is -2.24. The molecule has 0 spiro atoms. The lowest BCUT2D eigenvalue weighted by molar-refractivity contribution is 0.415. The van der Waals surface area contributed by atoms with Gasteiger partial charge in [0.25, 0.3) is 0 Å². The first kappa shape index (κ1) is 14.1. The highest BCUT2D eigenvalue weighted by Gasteiger charge is 2.19. The molecular formula is C15H20N4O. The van der Waals surface area contributed by atoms with Crippen molar-refractivity contribution in [3.05, 3.63) is 36.2 Å². The zero-order valence-corrected chi connectivity index (χ0v) is 12.3. The Morgan fingerprint density at radius 3 is 2.55 bits per heavy atom. The molecule has 0 saturated heterocycles. The fourth-order valence-corrected chi connectivity index (χ4v) is 2.24. The lowest BCUT2D eigenvalue weighted by Crippen LogP contribution is -2.17. The van der Waals surface area contributed by atoms with Gasteiger partial charge in [-0.25, -0.2) is 9.97 Å². The van der Waals surface area contributed by atoms with E-state index >= 15 is 0 Å². The highest BCUT2D eigenvalue weighted by atomic mass is 16.5. The molecule has 0 aliphatic rings. The van der Waals surface area contributed by atoms with Crippen LogP contribution in [0.3, 0.4) is 0 Å². The van der Waals surface area contributed by atoms with Crippen LogP contribution in [0.4, 0.5) is 17.3 Å². The summed E-state index contributed by atoms with van der Waals surface area (Å²) >= 11 is 0. The van der Waals surface area contributed by atoms with Crippen molar-refractivity contribution in [2.75, 3.05) is 24.8 Å². The van der Waals surface area contributed by atoms with Gasteiger partial charge in [0.1, 0.15) is 23.7 Å². The fraction of sp³-hybridized carbons (Fsp3) is 0.333. The molecule has 2 rings (SSSR count). The molecule has 0 bridgehead atoms. The number of hydrogen-bond donors (Lipinski definition) is 1. The number of rotatable bonds is 4. The standard InChI is InChI=1S/C15H20N4O/c1-10(2)13-14(16)17-9-18-15(13)19(3)11-7-5-6-8-12(11)20-4/h5-10H,1-4H3,(H2,16,17,18). The highest BCUT2D eigenvalue weighted by molar-refractivity contribution is 5.71. The molecule has 0 atom stereocenters. The Kier molecular flexibility index (Phi) is 4.08. The Bertz CT molecular complexity index is 598. The van der Waals surface area contributed by atoms with E-state index in [0.29, 0.717) is 5.82 Å². The first-order valence-electron chi connectivity index (χ1n) is 6.53. The van der Waals surface area contributed by atoms with Gasteiger partial charge in [0, 0.05) is 12.6 Å². The summed E-state index contributed by atoms with van der Waals surface area (Å²) in [5.74, 6) is 2.36. The molecule has 5 nitrogen and oxygen atoms in total. The minimum Gasteiger partial charge on any atom is -0.495 e. The number of nitrogens with zero attached hydrogens (tertiary/aromatic N) is 3. The molecular weight excluding hydrogens is 252 g/mol. The van der Waals surface area contributed by atoms with Crippen LogP contribution in [0.15, 0.2) is 30.6 Å². The van der Waals surface area contributed by atoms with E-state index in [2.05, 4.69) is 23.8 Å². The van der Waals surface area contributed by atoms with Crippen molar-refractivity contribution in [2.24, 2.45) is 0 Å². The second-order valence-electron chi connectivity index (χ2n) is 4.88. The monoisotopic (exact) mass is 272 g/mol. The van der Waals surface area contributed by atoms with Gasteiger partial charge in [-0.3, -0.25) is 0 Å². The second-order valence-corrected chi connectivity index (χ2v) is 4.88. The molecule has 0 aliphatic carbocycles. The van der Waals surface area contributed by atoms with Gasteiger partial charge in [-0.05, 0) is 18.1 Å². The Balaban J connectivity index is 2.54. The van der Waals surface area contributed by atoms with Crippen LogP contribution >= 0.6 is 0 Å². The van der Waals surface area contributed by atoms with Crippen LogP contribution in [0.1, 0.15) is 25.3 Å². The van der Waals surface area contributed by atoms with E-state index in [1.807, 2.05) is 36.2 Å². The zero-order valence-electron chi connectivity index (χ0n) is 12.3. The molecule has 0 fully saturated rings. The van der Waals surface area contributed by atoms with E-state index in [-0.39, 0.29) is 5.92 Å². The Labute approximate surface area is 119 Å². The van der Waals surface area contributed by atoms with E-state index in [1.165, 1.54) is 6.33 Å². The van der Waals surface area contributed by atoms with Crippen molar-refractivity contribution in [1.29, 1.82) is 0 Å². The summed E-state index contributed by atoms with van der Waals surface area (Å²) in [6.45, 7) is 4.16. The van der Waals surface area contributed by atoms with Gasteiger partial charge in [-0.1, -0.05) is 26.0 Å². The molecule has 2 N–H and O–H groups in total. The summed E-state index contributed by atoms with van der Waals surface area (Å²) < 4.78 is 5.40. The fourth-order valence-electron chi connectivity index (χ4n) is 2.24. The molecule has 0 radical (unpaired) electrons. The van der Waals surface area contributed by atoms with Crippen LogP contribution in [-0.4, -0.2) is 24.1 Å². The van der Waals surface area contributed by atoms with Gasteiger partial charge in [0.15, 0.2) is 0 Å². The first-order valence-corrected chi connectivity index (χ1v) is 6.53. The van der Waals surface area contributed by atoms with Gasteiger partial charge in [-0.15, -0.1) is 0 Å². The van der Waals surface area contributed by atoms with Gasteiger partial charge in [-0.2, -0.15) is 0 Å². The van der Waals surface area contributed by atoms with Crippen LogP contribution in [-0.2, 0) is 0 Å². The van der Waals surface area contributed by atoms with Crippen molar-refractivity contribution in [3.63, 3.8) is 0 Å². The smallest absolute Gasteiger partial charge is 0.142 e. The van der Waals surface area contributed by atoms with E-state index < -0.39 is 0 Å². The zero-order chi connectivity index (χ0) is 14.7. The van der Waals surface area contributed by atoms with E-state index in [0.717, 1.165) is 22.8 Å². The van der Waals surface area contributed by atoms with Crippen molar-refractivity contribution in [2.45, 2.75) is 19.8 Å². The molecule has 1 aromatic heterocycles. The summed E-state index contributed by atoms with van der Waals surface area (Å²) in [5.41, 5.74) is 7.88. The molecule has 106 valence electrons. The minimum atomic E-state index is 0.239. The Hall–Kier alpha value is -2.30. The molecule has 20 heavy (non-hydrogen) atoms. The normalized spacial score (nSPS) is 10.7. The molecule has 1 aromatic carbocycles. The molecule has 0 saturated carbocycles. The molecule has 0 aliphatic heterocycles. The average Bonchev–Trinajstić information content (AvgIpc) is 2.45. The van der Waals surface area contributed by atoms with Crippen LogP contribution in [0.25, 0.3) is 0 Å². The number of aromatic nitrogens is 2. The van der Waals surface area contributed by atoms with Crippen molar-refractivity contribution in [1.82, 2.24) is 9.97 Å². The maximum atomic E-state index is 6.00. The second kappa shape index (κ2) is 5.77. The number of para-hydroxylation sites is 2. The number of nitrogens with two attached hydrogens (primary N) is 1. The number of nitrogen functional groups attached to an aromatic ring is 1. The summed E-state index contributed by atoms with van der Waals surface area (Å²) in [5, 5.41) is 0. The molecule has 0 unspecified atom stereocenters. The SMILES string of the molecule is COc1ccccc1N(C)c1ncnc(N)c1C(C)C. The van der Waals surface area contributed by atoms with Gasteiger partial charge in [0.05, 0.1) is 12.8 Å². The third-order valence-corrected chi connectivity index (χ3v) is 3.24. The van der Waals surface area contributed by atoms with Gasteiger partial charge in [0.2, 0.25) is 0 Å². The third-order valence-electron chi connectivity index (χ3n) is 3.24. The predicted molar refractivity (Wildman–Crippen MR) is 81.6 cm³/mol. The van der Waals surface area contributed by atoms with Gasteiger partial charge >= 0.3 is 0 Å². The summed E-state index contributed by atoms with van der Waals surface area (Å²) in [4.78, 5) is 10.5. The predicted octanol–water partition coefficient (Wildman–Crippen LogP) is 2.96. The molecule has 0 amide bonds. The Morgan fingerprint density at radius 1 is 1.20 bits per heavy atom. The summed E-state index contributed by atoms with van der Waals surface area (Å²) in [6, 6.07) is 7.81. The number of ether oxygens (including phenoxy) is 1.